The van der Waals surface area contributed by atoms with Crippen molar-refractivity contribution in [3.8, 4) is 0 Å². The van der Waals surface area contributed by atoms with Gasteiger partial charge in [0.1, 0.15) is 11.7 Å². The van der Waals surface area contributed by atoms with E-state index >= 15 is 0 Å². The van der Waals surface area contributed by atoms with E-state index < -0.39 is 5.60 Å². The summed E-state index contributed by atoms with van der Waals surface area (Å²) >= 11 is 0. The van der Waals surface area contributed by atoms with E-state index in [2.05, 4.69) is 13.8 Å². The lowest BCUT2D eigenvalue weighted by atomic mass is 9.73. The molecule has 0 amide bonds. The van der Waals surface area contributed by atoms with Gasteiger partial charge in [-0.05, 0) is 43.4 Å². The average molecular weight is 252 g/mol. The summed E-state index contributed by atoms with van der Waals surface area (Å²) in [5.41, 5.74) is -0.777. The molecule has 3 nitrogen and oxygen atoms in total. The van der Waals surface area contributed by atoms with E-state index in [4.69, 9.17) is 4.74 Å². The van der Waals surface area contributed by atoms with Gasteiger partial charge in [-0.2, -0.15) is 0 Å². The number of carbonyl (C=O) groups excluding carboxylic acids is 1. The molecule has 3 unspecified atom stereocenters. The molecule has 1 N–H and O–H groups in total. The maximum absolute atomic E-state index is 11.8. The van der Waals surface area contributed by atoms with Gasteiger partial charge in [0, 0.05) is 5.92 Å². The van der Waals surface area contributed by atoms with Crippen molar-refractivity contribution in [1.29, 1.82) is 0 Å². The highest BCUT2D eigenvalue weighted by Crippen LogP contribution is 2.55. The zero-order chi connectivity index (χ0) is 13.1. The predicted molar refractivity (Wildman–Crippen MR) is 67.8 cm³/mol. The van der Waals surface area contributed by atoms with Crippen LogP contribution in [0.5, 0.6) is 0 Å². The first-order valence-corrected chi connectivity index (χ1v) is 7.39. The Balaban J connectivity index is 2.01. The largest absolute Gasteiger partial charge is 0.459 e. The van der Waals surface area contributed by atoms with Crippen LogP contribution in [0.4, 0.5) is 0 Å². The first-order valence-electron chi connectivity index (χ1n) is 7.39. The Kier molecular flexibility index (Phi) is 2.74. The van der Waals surface area contributed by atoms with E-state index in [0.29, 0.717) is 11.8 Å². The van der Waals surface area contributed by atoms with Crippen molar-refractivity contribution in [1.82, 2.24) is 0 Å². The second kappa shape index (κ2) is 3.96. The van der Waals surface area contributed by atoms with Crippen molar-refractivity contribution in [3.63, 3.8) is 0 Å². The molecule has 3 aliphatic rings. The molecule has 18 heavy (non-hydrogen) atoms. The van der Waals surface area contributed by atoms with Crippen LogP contribution in [0, 0.1) is 29.6 Å². The van der Waals surface area contributed by atoms with Crippen LogP contribution in [0.1, 0.15) is 46.5 Å². The number of hydrogen-bond donors (Lipinski definition) is 1. The van der Waals surface area contributed by atoms with E-state index in [1.54, 1.807) is 0 Å². The summed E-state index contributed by atoms with van der Waals surface area (Å²) in [5, 5.41) is 11.3. The molecule has 3 fully saturated rings. The lowest BCUT2D eigenvalue weighted by Crippen LogP contribution is -2.52. The fourth-order valence-electron chi connectivity index (χ4n) is 4.74. The number of esters is 1. The molecule has 1 heterocycles. The van der Waals surface area contributed by atoms with Crippen molar-refractivity contribution in [2.24, 2.45) is 29.6 Å². The maximum Gasteiger partial charge on any atom is 0.309 e. The van der Waals surface area contributed by atoms with Gasteiger partial charge >= 0.3 is 5.97 Å². The summed E-state index contributed by atoms with van der Waals surface area (Å²) in [6, 6.07) is 0. The SMILES string of the molecule is CC1C(=O)O[C@H]2C1CC[C@@H](C)C1CC[C@H](C)[C@@]12O. The Morgan fingerprint density at radius 2 is 1.89 bits per heavy atom. The first-order chi connectivity index (χ1) is 8.46. The van der Waals surface area contributed by atoms with Gasteiger partial charge in [0.2, 0.25) is 0 Å². The molecule has 0 radical (unpaired) electrons. The third kappa shape index (κ3) is 1.43. The van der Waals surface area contributed by atoms with E-state index in [1.165, 1.54) is 0 Å². The normalized spacial score (nSPS) is 55.7. The first kappa shape index (κ1) is 12.5. The van der Waals surface area contributed by atoms with Crippen molar-refractivity contribution >= 4 is 5.97 Å². The molecule has 0 aromatic rings. The standard InChI is InChI=1S/C15H24O3/c1-8-4-6-11-10(3)14(16)18-13(11)15(17)9(2)5-7-12(8)15/h8-13,17H,4-7H2,1-3H3/t8-,9+,10?,11?,12?,13+,15-/m1/s1. The highest BCUT2D eigenvalue weighted by Gasteiger charge is 2.62. The second-order valence-corrected chi connectivity index (χ2v) is 6.84. The molecule has 0 aromatic carbocycles. The van der Waals surface area contributed by atoms with Gasteiger partial charge in [-0.3, -0.25) is 4.79 Å². The topological polar surface area (TPSA) is 46.5 Å². The number of aliphatic hydroxyl groups is 1. The van der Waals surface area contributed by atoms with Gasteiger partial charge in [-0.15, -0.1) is 0 Å². The summed E-state index contributed by atoms with van der Waals surface area (Å²) in [5.74, 6) is 1.16. The summed E-state index contributed by atoms with van der Waals surface area (Å²) in [4.78, 5) is 11.8. The number of fused-ring (bicyclic) bond motifs is 3. The molecular formula is C15H24O3. The molecule has 3 rings (SSSR count). The van der Waals surface area contributed by atoms with Crippen LogP contribution in [0.2, 0.25) is 0 Å². The number of rotatable bonds is 0. The summed E-state index contributed by atoms with van der Waals surface area (Å²) in [7, 11) is 0. The fraction of sp³-hybridized carbons (Fsp3) is 0.933. The van der Waals surface area contributed by atoms with Crippen molar-refractivity contribution in [2.75, 3.05) is 0 Å². The lowest BCUT2D eigenvalue weighted by Gasteiger charge is -2.40. The maximum atomic E-state index is 11.8. The zero-order valence-corrected chi connectivity index (χ0v) is 11.6. The minimum atomic E-state index is -0.777. The molecular weight excluding hydrogens is 228 g/mol. The van der Waals surface area contributed by atoms with E-state index in [1.807, 2.05) is 6.92 Å². The Morgan fingerprint density at radius 3 is 2.61 bits per heavy atom. The Bertz CT molecular complexity index is 367. The second-order valence-electron chi connectivity index (χ2n) is 6.84. The van der Waals surface area contributed by atoms with Crippen LogP contribution in [-0.2, 0) is 9.53 Å². The van der Waals surface area contributed by atoms with Crippen LogP contribution in [0.25, 0.3) is 0 Å². The van der Waals surface area contributed by atoms with E-state index in [9.17, 15) is 9.90 Å². The van der Waals surface area contributed by atoms with Gasteiger partial charge in [0.05, 0.1) is 5.92 Å². The van der Waals surface area contributed by atoms with Gasteiger partial charge in [0.15, 0.2) is 0 Å². The lowest BCUT2D eigenvalue weighted by molar-refractivity contribution is -0.168. The third-order valence-electron chi connectivity index (χ3n) is 6.04. The third-order valence-corrected chi connectivity index (χ3v) is 6.04. The van der Waals surface area contributed by atoms with Crippen molar-refractivity contribution < 1.29 is 14.6 Å². The minimum Gasteiger partial charge on any atom is -0.459 e. The molecule has 0 spiro atoms. The number of carbonyl (C=O) groups is 1. The molecule has 1 saturated heterocycles. The Morgan fingerprint density at radius 1 is 1.17 bits per heavy atom. The molecule has 3 heteroatoms. The summed E-state index contributed by atoms with van der Waals surface area (Å²) in [6.07, 6.45) is 4.01. The van der Waals surface area contributed by atoms with Crippen LogP contribution in [0.15, 0.2) is 0 Å². The summed E-state index contributed by atoms with van der Waals surface area (Å²) < 4.78 is 5.60. The molecule has 7 atom stereocenters. The summed E-state index contributed by atoms with van der Waals surface area (Å²) in [6.45, 7) is 6.33. The molecule has 2 aliphatic carbocycles. The Labute approximate surface area is 109 Å². The Hall–Kier alpha value is -0.570. The average Bonchev–Trinajstić information content (AvgIpc) is 2.75. The highest BCUT2D eigenvalue weighted by molar-refractivity contribution is 5.75. The van der Waals surface area contributed by atoms with Gasteiger partial charge in [0.25, 0.3) is 0 Å². The van der Waals surface area contributed by atoms with Crippen LogP contribution >= 0.6 is 0 Å². The molecule has 0 aromatic heterocycles. The molecule has 0 bridgehead atoms. The molecule has 2 saturated carbocycles. The van der Waals surface area contributed by atoms with Gasteiger partial charge in [-0.25, -0.2) is 0 Å². The van der Waals surface area contributed by atoms with Crippen LogP contribution in [0.3, 0.4) is 0 Å². The highest BCUT2D eigenvalue weighted by atomic mass is 16.6. The predicted octanol–water partition coefficient (Wildman–Crippen LogP) is 2.37. The fourth-order valence-corrected chi connectivity index (χ4v) is 4.74. The van der Waals surface area contributed by atoms with Crippen LogP contribution < -0.4 is 0 Å². The van der Waals surface area contributed by atoms with E-state index in [0.717, 1.165) is 25.7 Å². The number of ether oxygens (including phenoxy) is 1. The molecule has 1 aliphatic heterocycles. The zero-order valence-electron chi connectivity index (χ0n) is 11.6. The minimum absolute atomic E-state index is 0.0437. The quantitative estimate of drug-likeness (QED) is 0.673. The van der Waals surface area contributed by atoms with Crippen LogP contribution in [-0.4, -0.2) is 22.8 Å². The van der Waals surface area contributed by atoms with Gasteiger partial charge < -0.3 is 9.84 Å². The van der Waals surface area contributed by atoms with Gasteiger partial charge in [-0.1, -0.05) is 20.8 Å². The molecule has 102 valence electrons. The van der Waals surface area contributed by atoms with E-state index in [-0.39, 0.29) is 29.8 Å². The van der Waals surface area contributed by atoms with Crippen molar-refractivity contribution in [3.05, 3.63) is 0 Å². The number of hydrogen-bond acceptors (Lipinski definition) is 3. The van der Waals surface area contributed by atoms with Crippen molar-refractivity contribution in [2.45, 2.75) is 58.2 Å². The smallest absolute Gasteiger partial charge is 0.309 e. The monoisotopic (exact) mass is 252 g/mol.